The van der Waals surface area contributed by atoms with Crippen molar-refractivity contribution in [2.75, 3.05) is 13.6 Å². The Bertz CT molecular complexity index is 1990. The molecule has 0 spiro atoms. The fraction of sp³-hybridized carbons (Fsp3) is 0.587. The molecule has 2 bridgehead atoms. The van der Waals surface area contributed by atoms with Crippen LogP contribution in [0.25, 0.3) is 11.1 Å². The summed E-state index contributed by atoms with van der Waals surface area (Å²) in [6, 6.07) is 9.94. The predicted octanol–water partition coefficient (Wildman–Crippen LogP) is 1.29. The fourth-order valence-corrected chi connectivity index (χ4v) is 8.68. The van der Waals surface area contributed by atoms with Gasteiger partial charge in [0, 0.05) is 18.6 Å². The second kappa shape index (κ2) is 22.0. The van der Waals surface area contributed by atoms with Crippen molar-refractivity contribution >= 4 is 48.8 Å². The first-order chi connectivity index (χ1) is 30.0. The lowest BCUT2D eigenvalue weighted by Crippen LogP contribution is -2.67. The van der Waals surface area contributed by atoms with Gasteiger partial charge >= 0.3 is 7.48 Å². The summed E-state index contributed by atoms with van der Waals surface area (Å²) >= 11 is 0. The quantitative estimate of drug-likeness (QED) is 0.0786. The van der Waals surface area contributed by atoms with Gasteiger partial charge < -0.3 is 52.1 Å². The molecule has 10 unspecified atom stereocenters. The maximum atomic E-state index is 13.4. The summed E-state index contributed by atoms with van der Waals surface area (Å²) in [5.41, 5.74) is 7.86. The molecule has 0 aromatic heterocycles. The van der Waals surface area contributed by atoms with Gasteiger partial charge in [0.25, 0.3) is 5.91 Å². The maximum absolute atomic E-state index is 13.4. The van der Waals surface area contributed by atoms with Gasteiger partial charge in [-0.2, -0.15) is 0 Å². The second-order valence-electron chi connectivity index (χ2n) is 18.3. The molecule has 5 rings (SSSR count). The van der Waals surface area contributed by atoms with Crippen LogP contribution in [0.5, 0.6) is 0 Å². The molecule has 17 nitrogen and oxygen atoms in total. The number of rotatable bonds is 22. The highest BCUT2D eigenvalue weighted by atomic mass is 16.5. The number of nitrogens with one attached hydrogen (secondary N) is 5. The lowest BCUT2D eigenvalue weighted by Gasteiger charge is -2.65. The summed E-state index contributed by atoms with van der Waals surface area (Å²) in [6.45, 7) is 13.2. The molecule has 10 atom stereocenters. The molecule has 3 aliphatic carbocycles. The topological polar surface area (TPSA) is 259 Å². The van der Waals surface area contributed by atoms with Crippen LogP contribution in [0, 0.1) is 17.3 Å². The van der Waals surface area contributed by atoms with E-state index in [1.165, 1.54) is 40.9 Å². The summed E-state index contributed by atoms with van der Waals surface area (Å²) < 4.78 is 5.95. The molecule has 7 amide bonds. The molecular formula is C46H67BN7O10. The highest BCUT2D eigenvalue weighted by Crippen LogP contribution is 2.63. The summed E-state index contributed by atoms with van der Waals surface area (Å²) in [4.78, 5) is 91.7. The first kappa shape index (κ1) is 51.3. The van der Waals surface area contributed by atoms with E-state index in [1.54, 1.807) is 26.0 Å². The third kappa shape index (κ3) is 12.9. The van der Waals surface area contributed by atoms with Crippen molar-refractivity contribution in [2.24, 2.45) is 23.0 Å². The van der Waals surface area contributed by atoms with Crippen LogP contribution in [-0.2, 0) is 39.8 Å². The summed E-state index contributed by atoms with van der Waals surface area (Å²) in [5, 5.41) is 34.3. The Labute approximate surface area is 377 Å². The summed E-state index contributed by atoms with van der Waals surface area (Å²) in [5.74, 6) is -5.59. The molecule has 1 radical (unpaired) electrons. The Morgan fingerprint density at radius 2 is 1.42 bits per heavy atom. The number of nitrogens with zero attached hydrogens (tertiary/aromatic N) is 1. The van der Waals surface area contributed by atoms with Crippen LogP contribution in [0.15, 0.2) is 48.5 Å². The number of aryl methyl sites for hydroxylation is 1. The molecule has 64 heavy (non-hydrogen) atoms. The fourth-order valence-electron chi connectivity index (χ4n) is 8.68. The number of nitrogens with two attached hydrogens (primary N) is 1. The molecule has 2 aromatic carbocycles. The van der Waals surface area contributed by atoms with Crippen LogP contribution < -0.4 is 32.3 Å². The van der Waals surface area contributed by atoms with Crippen LogP contribution in [-0.4, -0.2) is 125 Å². The minimum atomic E-state index is -1.51. The molecular weight excluding hydrogens is 821 g/mol. The van der Waals surface area contributed by atoms with Crippen molar-refractivity contribution in [1.82, 2.24) is 31.5 Å². The van der Waals surface area contributed by atoms with Crippen LogP contribution in [0.3, 0.4) is 0 Å². The Kier molecular flexibility index (Phi) is 17.7. The van der Waals surface area contributed by atoms with Crippen molar-refractivity contribution in [1.29, 1.82) is 0 Å². The summed E-state index contributed by atoms with van der Waals surface area (Å²) in [6.07, 6.45) is 2.36. The Hall–Kier alpha value is -5.33. The van der Waals surface area contributed by atoms with E-state index in [9.17, 15) is 43.8 Å². The number of hydrogen-bond donors (Lipinski definition) is 8. The minimum Gasteiger partial charge on any atom is -0.433 e. The number of unbranched alkanes of at least 4 members (excludes halogenated alkanes) is 1. The molecule has 18 heteroatoms. The van der Waals surface area contributed by atoms with Gasteiger partial charge in [-0.3, -0.25) is 33.6 Å². The van der Waals surface area contributed by atoms with Crippen LogP contribution in [0.1, 0.15) is 103 Å². The molecule has 0 heterocycles. The van der Waals surface area contributed by atoms with E-state index < -0.39 is 102 Å². The number of benzene rings is 2. The van der Waals surface area contributed by atoms with Gasteiger partial charge in [-0.25, -0.2) is 0 Å². The number of hydrogen-bond acceptors (Lipinski definition) is 10. The average molecular weight is 889 g/mol. The van der Waals surface area contributed by atoms with Crippen molar-refractivity contribution < 1.29 is 48.4 Å². The van der Waals surface area contributed by atoms with Crippen LogP contribution in [0.4, 0.5) is 0 Å². The van der Waals surface area contributed by atoms with Gasteiger partial charge in [0.15, 0.2) is 0 Å². The van der Waals surface area contributed by atoms with Crippen LogP contribution in [0.2, 0.25) is 0 Å². The van der Waals surface area contributed by atoms with E-state index in [-0.39, 0.29) is 11.3 Å². The highest BCUT2D eigenvalue weighted by molar-refractivity contribution is 6.30. The molecule has 0 saturated heterocycles. The van der Waals surface area contributed by atoms with Gasteiger partial charge in [-0.15, -0.1) is 0 Å². The Morgan fingerprint density at radius 3 is 1.97 bits per heavy atom. The third-order valence-electron chi connectivity index (χ3n) is 12.9. The monoisotopic (exact) mass is 889 g/mol. The van der Waals surface area contributed by atoms with E-state index in [0.29, 0.717) is 17.9 Å². The maximum Gasteiger partial charge on any atom is 0.316 e. The SMILES string of the molecule is CCCCc1ccc(-c2ccc(C(=O)NC(C)C(=O)NCC(=O)N(C)C(C(=O)NC(C)C(=O)NC(CC(N)=O)C(=O)NC(C)[B]OC3CC4CC(C4(C)C)C3(C)O)C(C)O)cc2)cc1. The van der Waals surface area contributed by atoms with Crippen molar-refractivity contribution in [2.45, 2.75) is 142 Å². The normalized spacial score (nSPS) is 22.4. The molecule has 9 N–H and O–H groups in total. The highest BCUT2D eigenvalue weighted by Gasteiger charge is 2.63. The Balaban J connectivity index is 1.24. The van der Waals surface area contributed by atoms with E-state index in [0.717, 1.165) is 41.7 Å². The number of aliphatic hydroxyl groups excluding tert-OH is 1. The molecule has 3 fully saturated rings. The lowest BCUT2D eigenvalue weighted by molar-refractivity contribution is -0.239. The van der Waals surface area contributed by atoms with Crippen molar-refractivity contribution in [3.05, 3.63) is 59.7 Å². The van der Waals surface area contributed by atoms with Gasteiger partial charge in [0.05, 0.1) is 30.8 Å². The second-order valence-corrected chi connectivity index (χ2v) is 18.3. The predicted molar refractivity (Wildman–Crippen MR) is 241 cm³/mol. The van der Waals surface area contributed by atoms with E-state index in [2.05, 4.69) is 59.5 Å². The first-order valence-electron chi connectivity index (χ1n) is 22.1. The summed E-state index contributed by atoms with van der Waals surface area (Å²) in [7, 11) is 2.63. The number of aliphatic hydroxyl groups is 2. The average Bonchev–Trinajstić information content (AvgIpc) is 3.23. The molecule has 3 aliphatic rings. The number of primary amides is 1. The zero-order valence-corrected chi connectivity index (χ0v) is 38.5. The minimum absolute atomic E-state index is 0.00298. The van der Waals surface area contributed by atoms with Crippen molar-refractivity contribution in [3.8, 4) is 11.1 Å². The largest absolute Gasteiger partial charge is 0.433 e. The Morgan fingerprint density at radius 1 is 0.828 bits per heavy atom. The number of carbonyl (C=O) groups is 7. The number of amides is 7. The van der Waals surface area contributed by atoms with Gasteiger partial charge in [-0.1, -0.05) is 63.6 Å². The zero-order chi connectivity index (χ0) is 47.7. The zero-order valence-electron chi connectivity index (χ0n) is 38.5. The van der Waals surface area contributed by atoms with E-state index in [4.69, 9.17) is 10.4 Å². The van der Waals surface area contributed by atoms with Crippen molar-refractivity contribution in [3.63, 3.8) is 0 Å². The van der Waals surface area contributed by atoms with E-state index in [1.807, 2.05) is 24.3 Å². The number of carbonyl (C=O) groups excluding carboxylic acids is 7. The van der Waals surface area contributed by atoms with E-state index >= 15 is 0 Å². The molecule has 0 aliphatic heterocycles. The lowest BCUT2D eigenvalue weighted by atomic mass is 9.43. The van der Waals surface area contributed by atoms with Gasteiger partial charge in [0.2, 0.25) is 35.4 Å². The standard InChI is InChI=1S/C46H67BN7O10/c1-10-11-12-29-13-15-30(16-14-29)31-17-19-32(20-18-31)42(60)50-25(2)40(58)49-24-38(57)54(9)39(27(4)55)44(62)51-26(3)41(59)53-34(23-37(48)56)43(61)52-28(5)47-64-36-22-33-21-35(45(33,6)7)46(36,8)63/h13-20,25-28,33-36,39,55,63H,10-12,21-24H2,1-9H3,(H2,48,56)(H,49,58)(H,50,60)(H,51,62)(H,52,61)(H,53,59). The van der Waals surface area contributed by atoms with Crippen LogP contribution >= 0.6 is 0 Å². The molecule has 2 aromatic rings. The van der Waals surface area contributed by atoms with Gasteiger partial charge in [0.1, 0.15) is 24.2 Å². The number of fused-ring (bicyclic) bond motifs is 2. The third-order valence-corrected chi connectivity index (χ3v) is 12.9. The smallest absolute Gasteiger partial charge is 0.316 e. The number of likely N-dealkylation sites (N-methyl/N-ethyl adjacent to an activating group) is 1. The first-order valence-corrected chi connectivity index (χ1v) is 22.1. The molecule has 349 valence electrons. The van der Waals surface area contributed by atoms with Gasteiger partial charge in [-0.05, 0) is 106 Å². The molecule has 3 saturated carbocycles.